The Morgan fingerprint density at radius 1 is 1.10 bits per heavy atom. The van der Waals surface area contributed by atoms with Crippen LogP contribution < -0.4 is 10.2 Å². The Balaban J connectivity index is 1.60. The van der Waals surface area contributed by atoms with Crippen LogP contribution in [-0.2, 0) is 26.2 Å². The third-order valence-corrected chi connectivity index (χ3v) is 6.86. The van der Waals surface area contributed by atoms with Gasteiger partial charge >= 0.3 is 0 Å². The lowest BCUT2D eigenvalue weighted by molar-refractivity contribution is -0.136. The zero-order valence-corrected chi connectivity index (χ0v) is 17.7. The molecule has 2 fully saturated rings. The molecule has 4 rings (SSSR count). The molecule has 3 aliphatic rings. The number of nitrogens with one attached hydrogen (secondary N) is 1. The maximum absolute atomic E-state index is 13.4. The first-order chi connectivity index (χ1) is 13.8. The molecule has 0 bridgehead atoms. The van der Waals surface area contributed by atoms with E-state index in [0.717, 1.165) is 43.2 Å². The van der Waals surface area contributed by atoms with Crippen molar-refractivity contribution in [1.29, 1.82) is 0 Å². The Hall–Kier alpha value is -2.21. The number of benzene rings is 1. The second kappa shape index (κ2) is 7.56. The summed E-state index contributed by atoms with van der Waals surface area (Å²) in [5, 5.41) is 2.39. The maximum atomic E-state index is 13.4. The number of nitrogens with zero attached hydrogens (tertiary/aromatic N) is 2. The van der Waals surface area contributed by atoms with E-state index in [1.54, 1.807) is 4.90 Å². The number of hydrogen-bond donors (Lipinski definition) is 1. The molecule has 1 unspecified atom stereocenters. The van der Waals surface area contributed by atoms with Crippen LogP contribution in [0.25, 0.3) is 0 Å². The van der Waals surface area contributed by atoms with Crippen molar-refractivity contribution in [1.82, 2.24) is 10.2 Å². The normalized spacial score (nSPS) is 25.3. The van der Waals surface area contributed by atoms with E-state index in [0.29, 0.717) is 6.42 Å². The van der Waals surface area contributed by atoms with Gasteiger partial charge in [0.05, 0.1) is 5.41 Å². The van der Waals surface area contributed by atoms with E-state index in [1.165, 1.54) is 18.4 Å². The van der Waals surface area contributed by atoms with E-state index in [9.17, 15) is 14.4 Å². The number of carbonyl (C=O) groups is 3. The van der Waals surface area contributed by atoms with Crippen molar-refractivity contribution in [2.45, 2.75) is 64.3 Å². The molecule has 2 saturated heterocycles. The maximum Gasteiger partial charge on any atom is 0.249 e. The molecule has 0 aliphatic carbocycles. The second-order valence-corrected chi connectivity index (χ2v) is 9.35. The van der Waals surface area contributed by atoms with Crippen LogP contribution in [0, 0.1) is 5.92 Å². The molecule has 3 heterocycles. The van der Waals surface area contributed by atoms with Crippen molar-refractivity contribution in [2.75, 3.05) is 24.5 Å². The SMILES string of the molecule is CC1CCN(CCc2cccc3c2C(C)(C)C(=O)N3C2CCC(=O)NC2=O)CC1. The standard InChI is InChI=1S/C23H31N3O3/c1-15-9-12-25(13-10-15)14-11-16-5-4-6-17-20(16)23(2,3)22(29)26(17)18-7-8-19(27)24-21(18)28/h4-6,15,18H,7-14H2,1-3H3,(H,24,27,28). The van der Waals surface area contributed by atoms with E-state index in [-0.39, 0.29) is 24.1 Å². The third-order valence-electron chi connectivity index (χ3n) is 6.86. The van der Waals surface area contributed by atoms with Crippen LogP contribution in [0.1, 0.15) is 57.6 Å². The number of piperidine rings is 2. The number of fused-ring (bicyclic) bond motifs is 1. The molecule has 3 aliphatic heterocycles. The Bertz CT molecular complexity index is 840. The summed E-state index contributed by atoms with van der Waals surface area (Å²) in [4.78, 5) is 41.5. The van der Waals surface area contributed by atoms with Crippen molar-refractivity contribution in [3.05, 3.63) is 29.3 Å². The van der Waals surface area contributed by atoms with E-state index >= 15 is 0 Å². The lowest BCUT2D eigenvalue weighted by Crippen LogP contribution is -2.55. The summed E-state index contributed by atoms with van der Waals surface area (Å²) in [6, 6.07) is 5.44. The van der Waals surface area contributed by atoms with E-state index < -0.39 is 11.5 Å². The van der Waals surface area contributed by atoms with Gasteiger partial charge in [0.15, 0.2) is 0 Å². The highest BCUT2D eigenvalue weighted by Gasteiger charge is 2.49. The predicted octanol–water partition coefficient (Wildman–Crippen LogP) is 2.39. The van der Waals surface area contributed by atoms with Gasteiger partial charge in [0.1, 0.15) is 6.04 Å². The van der Waals surface area contributed by atoms with E-state index in [2.05, 4.69) is 23.2 Å². The summed E-state index contributed by atoms with van der Waals surface area (Å²) in [5.74, 6) is 0.125. The first-order valence-corrected chi connectivity index (χ1v) is 10.8. The number of hydrogen-bond acceptors (Lipinski definition) is 4. The average molecular weight is 398 g/mol. The van der Waals surface area contributed by atoms with Crippen LogP contribution in [-0.4, -0.2) is 48.3 Å². The molecular weight excluding hydrogens is 366 g/mol. The smallest absolute Gasteiger partial charge is 0.249 e. The van der Waals surface area contributed by atoms with Crippen LogP contribution in [0.3, 0.4) is 0 Å². The number of imide groups is 1. The third kappa shape index (κ3) is 3.59. The minimum atomic E-state index is -0.677. The van der Waals surface area contributed by atoms with Crippen molar-refractivity contribution in [2.24, 2.45) is 5.92 Å². The summed E-state index contributed by atoms with van der Waals surface area (Å²) in [6.07, 6.45) is 4.04. The molecule has 3 amide bonds. The van der Waals surface area contributed by atoms with Crippen molar-refractivity contribution in [3.8, 4) is 0 Å². The Labute approximate surface area is 172 Å². The fourth-order valence-corrected chi connectivity index (χ4v) is 5.04. The van der Waals surface area contributed by atoms with Crippen LogP contribution in [0.15, 0.2) is 18.2 Å². The molecule has 156 valence electrons. The van der Waals surface area contributed by atoms with Gasteiger partial charge in [-0.1, -0.05) is 19.1 Å². The molecule has 1 aromatic rings. The molecule has 29 heavy (non-hydrogen) atoms. The fraction of sp³-hybridized carbons (Fsp3) is 0.609. The molecular formula is C23H31N3O3. The first-order valence-electron chi connectivity index (χ1n) is 10.8. The van der Waals surface area contributed by atoms with Gasteiger partial charge in [-0.3, -0.25) is 24.6 Å². The minimum absolute atomic E-state index is 0.0544. The summed E-state index contributed by atoms with van der Waals surface area (Å²) in [6.45, 7) is 9.49. The molecule has 1 aromatic carbocycles. The number of carbonyl (C=O) groups excluding carboxylic acids is 3. The van der Waals surface area contributed by atoms with Gasteiger partial charge in [-0.2, -0.15) is 0 Å². The topological polar surface area (TPSA) is 69.7 Å². The highest BCUT2D eigenvalue weighted by atomic mass is 16.2. The summed E-state index contributed by atoms with van der Waals surface area (Å²) in [7, 11) is 0. The van der Waals surface area contributed by atoms with Gasteiger partial charge in [0.2, 0.25) is 17.7 Å². The molecule has 0 spiro atoms. The number of likely N-dealkylation sites (tertiary alicyclic amines) is 1. The van der Waals surface area contributed by atoms with Gasteiger partial charge in [0, 0.05) is 18.7 Å². The molecule has 6 heteroatoms. The molecule has 0 aromatic heterocycles. The Morgan fingerprint density at radius 2 is 1.83 bits per heavy atom. The average Bonchev–Trinajstić information content (AvgIpc) is 2.88. The summed E-state index contributed by atoms with van der Waals surface area (Å²) < 4.78 is 0. The first kappa shape index (κ1) is 20.1. The largest absolute Gasteiger partial charge is 0.303 e. The van der Waals surface area contributed by atoms with Gasteiger partial charge in [-0.05, 0) is 75.7 Å². The molecule has 1 atom stereocenters. The quantitative estimate of drug-likeness (QED) is 0.792. The van der Waals surface area contributed by atoms with Crippen molar-refractivity contribution < 1.29 is 14.4 Å². The van der Waals surface area contributed by atoms with Gasteiger partial charge in [0.25, 0.3) is 0 Å². The molecule has 0 saturated carbocycles. The van der Waals surface area contributed by atoms with Crippen LogP contribution in [0.4, 0.5) is 5.69 Å². The summed E-state index contributed by atoms with van der Waals surface area (Å²) >= 11 is 0. The Kier molecular flexibility index (Phi) is 5.23. The van der Waals surface area contributed by atoms with E-state index in [1.807, 2.05) is 26.0 Å². The van der Waals surface area contributed by atoms with Crippen LogP contribution in [0.2, 0.25) is 0 Å². The highest BCUT2D eigenvalue weighted by molar-refractivity contribution is 6.13. The lowest BCUT2D eigenvalue weighted by Gasteiger charge is -2.31. The van der Waals surface area contributed by atoms with Crippen molar-refractivity contribution in [3.63, 3.8) is 0 Å². The minimum Gasteiger partial charge on any atom is -0.303 e. The van der Waals surface area contributed by atoms with Gasteiger partial charge in [-0.15, -0.1) is 0 Å². The fourth-order valence-electron chi connectivity index (χ4n) is 5.04. The second-order valence-electron chi connectivity index (χ2n) is 9.35. The zero-order chi connectivity index (χ0) is 20.8. The van der Waals surface area contributed by atoms with Crippen molar-refractivity contribution >= 4 is 23.4 Å². The molecule has 6 nitrogen and oxygen atoms in total. The molecule has 1 N–H and O–H groups in total. The molecule has 0 radical (unpaired) electrons. The number of amides is 3. The number of rotatable bonds is 4. The predicted molar refractivity (Wildman–Crippen MR) is 112 cm³/mol. The van der Waals surface area contributed by atoms with Crippen LogP contribution in [0.5, 0.6) is 0 Å². The summed E-state index contributed by atoms with van der Waals surface area (Å²) in [5.41, 5.74) is 2.39. The van der Waals surface area contributed by atoms with Crippen LogP contribution >= 0.6 is 0 Å². The highest BCUT2D eigenvalue weighted by Crippen LogP contribution is 2.45. The zero-order valence-electron chi connectivity index (χ0n) is 17.7. The van der Waals surface area contributed by atoms with Gasteiger partial charge in [-0.25, -0.2) is 0 Å². The monoisotopic (exact) mass is 397 g/mol. The van der Waals surface area contributed by atoms with Gasteiger partial charge < -0.3 is 4.90 Å². The lowest BCUT2D eigenvalue weighted by atomic mass is 9.82. The number of anilines is 1. The van der Waals surface area contributed by atoms with E-state index in [4.69, 9.17) is 0 Å². The Morgan fingerprint density at radius 3 is 2.52 bits per heavy atom.